The van der Waals surface area contributed by atoms with E-state index in [9.17, 15) is 9.18 Å². The Morgan fingerprint density at radius 1 is 1.00 bits per heavy atom. The van der Waals surface area contributed by atoms with Crippen LogP contribution in [0.15, 0.2) is 72.6 Å². The van der Waals surface area contributed by atoms with Gasteiger partial charge in [-0.05, 0) is 86.5 Å². The number of nitrogens with zero attached hydrogens (tertiary/aromatic N) is 1. The molecule has 1 aliphatic rings. The zero-order valence-corrected chi connectivity index (χ0v) is 20.9. The highest BCUT2D eigenvalue weighted by Gasteiger charge is 2.27. The molecule has 3 aromatic rings. The highest BCUT2D eigenvalue weighted by molar-refractivity contribution is 6.32. The van der Waals surface area contributed by atoms with E-state index in [1.807, 2.05) is 32.9 Å². The molecule has 35 heavy (non-hydrogen) atoms. The Kier molecular flexibility index (Phi) is 7.03. The van der Waals surface area contributed by atoms with Crippen molar-refractivity contribution in [3.63, 3.8) is 0 Å². The van der Waals surface area contributed by atoms with Gasteiger partial charge in [-0.1, -0.05) is 17.7 Å². The highest BCUT2D eigenvalue weighted by atomic mass is 35.5. The minimum absolute atomic E-state index is 0.242. The third-order valence-electron chi connectivity index (χ3n) is 5.44. The van der Waals surface area contributed by atoms with E-state index < -0.39 is 0 Å². The van der Waals surface area contributed by atoms with Crippen molar-refractivity contribution < 1.29 is 23.4 Å². The number of rotatable bonds is 5. The maximum absolute atomic E-state index is 13.9. The second kappa shape index (κ2) is 10.0. The van der Waals surface area contributed by atoms with E-state index >= 15 is 0 Å². The number of allylic oxidation sites excluding steroid dienone is 1. The van der Waals surface area contributed by atoms with Gasteiger partial charge in [0, 0.05) is 12.0 Å². The molecule has 182 valence electrons. The fourth-order valence-corrected chi connectivity index (χ4v) is 4.07. The molecule has 4 rings (SSSR count). The smallest absolute Gasteiger partial charge is 0.258 e. The van der Waals surface area contributed by atoms with Gasteiger partial charge in [0.05, 0.1) is 24.4 Å². The van der Waals surface area contributed by atoms with Crippen molar-refractivity contribution in [3.8, 4) is 17.2 Å². The van der Waals surface area contributed by atoms with Crippen LogP contribution in [0.25, 0.3) is 0 Å². The van der Waals surface area contributed by atoms with E-state index in [1.165, 1.54) is 25.5 Å². The summed E-state index contributed by atoms with van der Waals surface area (Å²) in [6.07, 6.45) is 1.88. The van der Waals surface area contributed by atoms with Gasteiger partial charge in [0.15, 0.2) is 0 Å². The number of fused-ring (bicyclic) bond motifs is 1. The van der Waals surface area contributed by atoms with Crippen molar-refractivity contribution in [1.29, 1.82) is 0 Å². The van der Waals surface area contributed by atoms with Gasteiger partial charge in [0.2, 0.25) is 0 Å². The van der Waals surface area contributed by atoms with Gasteiger partial charge in [0.1, 0.15) is 34.9 Å². The Labute approximate surface area is 209 Å². The summed E-state index contributed by atoms with van der Waals surface area (Å²) in [6, 6.07) is 16.7. The van der Waals surface area contributed by atoms with E-state index in [0.717, 1.165) is 16.9 Å². The molecule has 0 saturated heterocycles. The minimum Gasteiger partial charge on any atom is -0.495 e. The zero-order chi connectivity index (χ0) is 25.2. The highest BCUT2D eigenvalue weighted by Crippen LogP contribution is 2.31. The summed E-state index contributed by atoms with van der Waals surface area (Å²) in [4.78, 5) is 15.1. The molecule has 7 heteroatoms. The Balaban J connectivity index is 1.62. The number of ether oxygens (including phenoxy) is 3. The lowest BCUT2D eigenvalue weighted by Gasteiger charge is -2.31. The van der Waals surface area contributed by atoms with Crippen LogP contribution < -0.4 is 14.2 Å². The number of hydrogen-bond acceptors (Lipinski definition) is 4. The minimum atomic E-state index is -0.319. The second-order valence-corrected chi connectivity index (χ2v) is 9.65. The van der Waals surface area contributed by atoms with E-state index in [-0.39, 0.29) is 23.9 Å². The monoisotopic (exact) mass is 495 g/mol. The molecule has 5 nitrogen and oxygen atoms in total. The number of halogens is 2. The Hall–Kier alpha value is -3.51. The number of benzene rings is 3. The van der Waals surface area contributed by atoms with Crippen LogP contribution in [0.2, 0.25) is 5.02 Å². The Morgan fingerprint density at radius 2 is 1.71 bits per heavy atom. The van der Waals surface area contributed by atoms with E-state index in [0.29, 0.717) is 34.2 Å². The summed E-state index contributed by atoms with van der Waals surface area (Å²) in [7, 11) is 1.52. The lowest BCUT2D eigenvalue weighted by molar-refractivity contribution is 0.0782. The first-order chi connectivity index (χ1) is 16.6. The van der Waals surface area contributed by atoms with Crippen LogP contribution in [0.3, 0.4) is 0 Å². The van der Waals surface area contributed by atoms with Gasteiger partial charge < -0.3 is 19.1 Å². The Morgan fingerprint density at radius 3 is 2.37 bits per heavy atom. The number of hydrogen-bond donors (Lipinski definition) is 0. The van der Waals surface area contributed by atoms with Crippen LogP contribution in [-0.4, -0.2) is 23.5 Å². The molecule has 0 saturated carbocycles. The first-order valence-corrected chi connectivity index (χ1v) is 11.6. The molecular formula is C28H27ClFNO4. The molecule has 3 aromatic carbocycles. The Bertz CT molecular complexity index is 1260. The van der Waals surface area contributed by atoms with Crippen molar-refractivity contribution in [1.82, 2.24) is 4.90 Å². The third-order valence-corrected chi connectivity index (χ3v) is 5.73. The predicted octanol–water partition coefficient (Wildman–Crippen LogP) is 6.78. The fraction of sp³-hybridized carbons (Fsp3) is 0.250. The van der Waals surface area contributed by atoms with Gasteiger partial charge in [-0.3, -0.25) is 4.79 Å². The molecule has 0 N–H and O–H groups in total. The average molecular weight is 496 g/mol. The molecule has 0 unspecified atom stereocenters. The molecule has 1 amide bonds. The van der Waals surface area contributed by atoms with E-state index in [2.05, 4.69) is 0 Å². The van der Waals surface area contributed by atoms with Crippen molar-refractivity contribution >= 4 is 17.5 Å². The summed E-state index contributed by atoms with van der Waals surface area (Å²) < 4.78 is 30.8. The molecule has 0 radical (unpaired) electrons. The van der Waals surface area contributed by atoms with Crippen LogP contribution in [0.1, 0.15) is 42.3 Å². The lowest BCUT2D eigenvalue weighted by atomic mass is 9.96. The van der Waals surface area contributed by atoms with Gasteiger partial charge in [0.25, 0.3) is 5.91 Å². The first-order valence-electron chi connectivity index (χ1n) is 11.2. The molecule has 1 aliphatic heterocycles. The van der Waals surface area contributed by atoms with Crippen LogP contribution in [0, 0.1) is 5.82 Å². The van der Waals surface area contributed by atoms with Crippen molar-refractivity contribution in [2.75, 3.05) is 7.11 Å². The number of methoxy groups -OCH3 is 1. The summed E-state index contributed by atoms with van der Waals surface area (Å²) >= 11 is 6.25. The summed E-state index contributed by atoms with van der Waals surface area (Å²) in [5, 5.41) is 0.345. The van der Waals surface area contributed by atoms with Crippen LogP contribution >= 0.6 is 11.6 Å². The van der Waals surface area contributed by atoms with E-state index in [1.54, 1.807) is 41.3 Å². The molecular weight excluding hydrogens is 469 g/mol. The van der Waals surface area contributed by atoms with Crippen molar-refractivity contribution in [2.45, 2.75) is 39.3 Å². The summed E-state index contributed by atoms with van der Waals surface area (Å²) in [6.45, 7) is 6.22. The average Bonchev–Trinajstić information content (AvgIpc) is 2.81. The number of amides is 1. The zero-order valence-electron chi connectivity index (χ0n) is 20.1. The van der Waals surface area contributed by atoms with Gasteiger partial charge in [-0.25, -0.2) is 4.39 Å². The molecule has 1 heterocycles. The molecule has 0 spiro atoms. The predicted molar refractivity (Wildman–Crippen MR) is 134 cm³/mol. The van der Waals surface area contributed by atoms with Crippen LogP contribution in [0.4, 0.5) is 4.39 Å². The quantitative estimate of drug-likeness (QED) is 0.366. The topological polar surface area (TPSA) is 48.0 Å². The standard InChI is InChI=1S/C28H27ClFNO4/c1-28(2,3)35-24-10-8-23(9-11-24)34-17-22-14-20-13-21(30)7-5-19(20)16-31(22)27(32)18-6-12-26(33-4)25(29)15-18/h5-13,15,17H,14,16H2,1-4H3/b22-17-. The van der Waals surface area contributed by atoms with Crippen LogP contribution in [0.5, 0.6) is 17.2 Å². The first kappa shape index (κ1) is 24.6. The largest absolute Gasteiger partial charge is 0.495 e. The summed E-state index contributed by atoms with van der Waals surface area (Å²) in [5.74, 6) is 1.24. The maximum Gasteiger partial charge on any atom is 0.258 e. The maximum atomic E-state index is 13.9. The number of carbonyl (C=O) groups is 1. The SMILES string of the molecule is COc1ccc(C(=O)N2Cc3ccc(F)cc3C/C2=C/Oc2ccc(OC(C)(C)C)cc2)cc1Cl. The van der Waals surface area contributed by atoms with Gasteiger partial charge in [-0.15, -0.1) is 0 Å². The lowest BCUT2D eigenvalue weighted by Crippen LogP contribution is -2.34. The van der Waals surface area contributed by atoms with Crippen LogP contribution in [-0.2, 0) is 13.0 Å². The number of carbonyl (C=O) groups excluding carboxylic acids is 1. The van der Waals surface area contributed by atoms with Gasteiger partial charge >= 0.3 is 0 Å². The molecule has 0 aliphatic carbocycles. The fourth-order valence-electron chi connectivity index (χ4n) is 3.81. The molecule has 0 fully saturated rings. The van der Waals surface area contributed by atoms with Gasteiger partial charge in [-0.2, -0.15) is 0 Å². The summed E-state index contributed by atoms with van der Waals surface area (Å²) in [5.41, 5.74) is 2.40. The van der Waals surface area contributed by atoms with Crippen molar-refractivity contribution in [2.24, 2.45) is 0 Å². The normalized spacial score (nSPS) is 14.5. The molecule has 0 bridgehead atoms. The third kappa shape index (κ3) is 5.95. The van der Waals surface area contributed by atoms with E-state index in [4.69, 9.17) is 25.8 Å². The van der Waals surface area contributed by atoms with Crippen molar-refractivity contribution in [3.05, 3.63) is 100 Å². The molecule has 0 aromatic heterocycles. The molecule has 0 atom stereocenters. The second-order valence-electron chi connectivity index (χ2n) is 9.24.